The van der Waals surface area contributed by atoms with Gasteiger partial charge in [0, 0.05) is 37.9 Å². The van der Waals surface area contributed by atoms with Crippen molar-refractivity contribution in [3.8, 4) is 0 Å². The second-order valence-electron chi connectivity index (χ2n) is 8.46. The predicted octanol–water partition coefficient (Wildman–Crippen LogP) is 3.87. The smallest absolute Gasteiger partial charge is 0.191 e. The van der Waals surface area contributed by atoms with E-state index in [9.17, 15) is 0 Å². The average Bonchev–Trinajstić information content (AvgIpc) is 2.78. The molecule has 29 heavy (non-hydrogen) atoms. The van der Waals surface area contributed by atoms with Gasteiger partial charge in [-0.1, -0.05) is 31.0 Å². The molecule has 2 fully saturated rings. The molecule has 2 aliphatic rings. The van der Waals surface area contributed by atoms with Crippen LogP contribution in [0.3, 0.4) is 0 Å². The van der Waals surface area contributed by atoms with E-state index in [-0.39, 0.29) is 0 Å². The number of likely N-dealkylation sites (tertiary alicyclic amines) is 1. The van der Waals surface area contributed by atoms with Crippen LogP contribution in [-0.4, -0.2) is 62.7 Å². The molecular formula is C24H41N5. The number of hydrogen-bond acceptors (Lipinski definition) is 3. The minimum atomic E-state index is 0.520. The fourth-order valence-electron chi connectivity index (χ4n) is 4.43. The number of hydrogen-bond donors (Lipinski definition) is 2. The third-order valence-electron chi connectivity index (χ3n) is 6.15. The molecule has 2 heterocycles. The molecule has 0 aliphatic carbocycles. The molecule has 0 unspecified atom stereocenters. The number of para-hydroxylation sites is 1. The summed E-state index contributed by atoms with van der Waals surface area (Å²) in [5.41, 5.74) is 1.34. The molecule has 5 nitrogen and oxygen atoms in total. The van der Waals surface area contributed by atoms with Crippen molar-refractivity contribution in [1.29, 1.82) is 0 Å². The summed E-state index contributed by atoms with van der Waals surface area (Å²) in [6, 6.07) is 11.3. The highest BCUT2D eigenvalue weighted by Crippen LogP contribution is 2.19. The van der Waals surface area contributed by atoms with Crippen LogP contribution in [0.2, 0.25) is 0 Å². The first-order chi connectivity index (χ1) is 14.3. The number of benzene rings is 1. The summed E-state index contributed by atoms with van der Waals surface area (Å²) in [5.74, 6) is 1.00. The summed E-state index contributed by atoms with van der Waals surface area (Å²) in [7, 11) is 0. The number of anilines is 1. The summed E-state index contributed by atoms with van der Waals surface area (Å²) < 4.78 is 0. The number of piperidine rings is 2. The van der Waals surface area contributed by atoms with Crippen LogP contribution in [0.5, 0.6) is 0 Å². The molecule has 2 aliphatic heterocycles. The number of nitrogens with one attached hydrogen (secondary N) is 2. The van der Waals surface area contributed by atoms with Crippen molar-refractivity contribution in [2.24, 2.45) is 4.99 Å². The number of nitrogens with zero attached hydrogens (tertiary/aromatic N) is 3. The lowest BCUT2D eigenvalue weighted by molar-refractivity contribution is 0.224. The Bertz CT molecular complexity index is 574. The van der Waals surface area contributed by atoms with Gasteiger partial charge in [0.25, 0.3) is 0 Å². The van der Waals surface area contributed by atoms with Gasteiger partial charge < -0.3 is 20.4 Å². The topological polar surface area (TPSA) is 42.9 Å². The van der Waals surface area contributed by atoms with E-state index >= 15 is 0 Å². The number of rotatable bonds is 9. The Kier molecular flexibility index (Phi) is 9.64. The van der Waals surface area contributed by atoms with Crippen LogP contribution >= 0.6 is 0 Å². The maximum atomic E-state index is 4.84. The minimum absolute atomic E-state index is 0.520. The van der Waals surface area contributed by atoms with E-state index in [2.05, 4.69) is 57.7 Å². The molecule has 0 amide bonds. The van der Waals surface area contributed by atoms with Gasteiger partial charge in [-0.15, -0.1) is 0 Å². The normalized spacial score (nSPS) is 19.3. The quantitative estimate of drug-likeness (QED) is 0.376. The second-order valence-corrected chi connectivity index (χ2v) is 8.46. The summed E-state index contributed by atoms with van der Waals surface area (Å²) in [5, 5.41) is 7.11. The van der Waals surface area contributed by atoms with Gasteiger partial charge in [-0.3, -0.25) is 4.99 Å². The SMILES string of the molecule is CCNC(=NCCCCCN1CCCCC1)NC1CCN(c2ccccc2)CC1. The zero-order valence-electron chi connectivity index (χ0n) is 18.4. The van der Waals surface area contributed by atoms with Gasteiger partial charge >= 0.3 is 0 Å². The predicted molar refractivity (Wildman–Crippen MR) is 125 cm³/mol. The Morgan fingerprint density at radius 1 is 0.966 bits per heavy atom. The zero-order chi connectivity index (χ0) is 20.2. The van der Waals surface area contributed by atoms with Crippen LogP contribution in [0.15, 0.2) is 35.3 Å². The Balaban J connectivity index is 1.32. The van der Waals surface area contributed by atoms with Crippen LogP contribution in [0.25, 0.3) is 0 Å². The van der Waals surface area contributed by atoms with Gasteiger partial charge in [0.2, 0.25) is 0 Å². The van der Waals surface area contributed by atoms with E-state index < -0.39 is 0 Å². The van der Waals surface area contributed by atoms with Gasteiger partial charge in [-0.25, -0.2) is 0 Å². The van der Waals surface area contributed by atoms with Gasteiger partial charge in [-0.2, -0.15) is 0 Å². The van der Waals surface area contributed by atoms with Crippen molar-refractivity contribution < 1.29 is 0 Å². The summed E-state index contributed by atoms with van der Waals surface area (Å²) >= 11 is 0. The highest BCUT2D eigenvalue weighted by atomic mass is 15.2. The standard InChI is InChI=1S/C24H41N5/c1-2-25-24(26-16-8-4-9-17-28-18-10-5-11-19-28)27-22-14-20-29(21-15-22)23-12-6-3-7-13-23/h3,6-7,12-13,22H,2,4-5,8-11,14-21H2,1H3,(H2,25,26,27). The number of aliphatic imine (C=N–C) groups is 1. The van der Waals surface area contributed by atoms with Crippen LogP contribution in [0.1, 0.15) is 58.3 Å². The number of guanidine groups is 1. The van der Waals surface area contributed by atoms with Gasteiger partial charge in [-0.05, 0) is 77.2 Å². The average molecular weight is 400 g/mol. The van der Waals surface area contributed by atoms with E-state index in [0.717, 1.165) is 45.0 Å². The Labute approximate surface area is 178 Å². The molecule has 162 valence electrons. The summed E-state index contributed by atoms with van der Waals surface area (Å²) in [6.07, 6.45) is 10.3. The Morgan fingerprint density at radius 3 is 2.45 bits per heavy atom. The second kappa shape index (κ2) is 12.7. The lowest BCUT2D eigenvalue weighted by Crippen LogP contribution is -2.48. The van der Waals surface area contributed by atoms with Crippen LogP contribution in [0, 0.1) is 0 Å². The summed E-state index contributed by atoms with van der Waals surface area (Å²) in [4.78, 5) is 9.97. The molecule has 0 bridgehead atoms. The van der Waals surface area contributed by atoms with Crippen molar-refractivity contribution in [2.75, 3.05) is 50.7 Å². The molecule has 0 spiro atoms. The lowest BCUT2D eigenvalue weighted by Gasteiger charge is -2.34. The molecule has 0 aromatic heterocycles. The highest BCUT2D eigenvalue weighted by Gasteiger charge is 2.20. The largest absolute Gasteiger partial charge is 0.371 e. The highest BCUT2D eigenvalue weighted by molar-refractivity contribution is 5.80. The first kappa shape index (κ1) is 21.9. The van der Waals surface area contributed by atoms with Crippen molar-refractivity contribution in [1.82, 2.24) is 15.5 Å². The number of unbranched alkanes of at least 4 members (excludes halogenated alkanes) is 2. The monoisotopic (exact) mass is 399 g/mol. The molecule has 1 aromatic carbocycles. The molecule has 1 aromatic rings. The van der Waals surface area contributed by atoms with E-state index in [1.54, 1.807) is 0 Å². The molecule has 5 heteroatoms. The fraction of sp³-hybridized carbons (Fsp3) is 0.708. The van der Waals surface area contributed by atoms with Crippen LogP contribution < -0.4 is 15.5 Å². The first-order valence-corrected chi connectivity index (χ1v) is 11.9. The van der Waals surface area contributed by atoms with E-state index in [1.165, 1.54) is 63.8 Å². The molecule has 0 atom stereocenters. The van der Waals surface area contributed by atoms with E-state index in [0.29, 0.717) is 6.04 Å². The third kappa shape index (κ3) is 7.88. The van der Waals surface area contributed by atoms with E-state index in [4.69, 9.17) is 4.99 Å². The van der Waals surface area contributed by atoms with Crippen molar-refractivity contribution in [3.63, 3.8) is 0 Å². The third-order valence-corrected chi connectivity index (χ3v) is 6.15. The summed E-state index contributed by atoms with van der Waals surface area (Å²) in [6.45, 7) is 10.1. The minimum Gasteiger partial charge on any atom is -0.371 e. The molecule has 3 rings (SSSR count). The Hall–Kier alpha value is -1.75. The molecule has 0 saturated carbocycles. The molecule has 0 radical (unpaired) electrons. The van der Waals surface area contributed by atoms with Crippen molar-refractivity contribution in [2.45, 2.75) is 64.3 Å². The lowest BCUT2D eigenvalue weighted by atomic mass is 10.0. The van der Waals surface area contributed by atoms with Gasteiger partial charge in [0.05, 0.1) is 0 Å². The first-order valence-electron chi connectivity index (χ1n) is 11.9. The maximum Gasteiger partial charge on any atom is 0.191 e. The van der Waals surface area contributed by atoms with E-state index in [1.807, 2.05) is 0 Å². The van der Waals surface area contributed by atoms with Gasteiger partial charge in [0.1, 0.15) is 0 Å². The maximum absolute atomic E-state index is 4.84. The van der Waals surface area contributed by atoms with Gasteiger partial charge in [0.15, 0.2) is 5.96 Å². The molecule has 2 N–H and O–H groups in total. The van der Waals surface area contributed by atoms with Crippen LogP contribution in [0.4, 0.5) is 5.69 Å². The van der Waals surface area contributed by atoms with Crippen molar-refractivity contribution >= 4 is 11.6 Å². The fourth-order valence-corrected chi connectivity index (χ4v) is 4.43. The zero-order valence-corrected chi connectivity index (χ0v) is 18.4. The Morgan fingerprint density at radius 2 is 1.72 bits per heavy atom. The molecule has 2 saturated heterocycles. The molecular weight excluding hydrogens is 358 g/mol. The van der Waals surface area contributed by atoms with Crippen LogP contribution in [-0.2, 0) is 0 Å². The van der Waals surface area contributed by atoms with Crippen molar-refractivity contribution in [3.05, 3.63) is 30.3 Å².